The molecule has 7 heteroatoms. The molecular formula is C15H8ClFO5. The van der Waals surface area contributed by atoms with Gasteiger partial charge in [0.1, 0.15) is 28.1 Å². The summed E-state index contributed by atoms with van der Waals surface area (Å²) in [5, 5.41) is 8.58. The first kappa shape index (κ1) is 14.3. The minimum absolute atomic E-state index is 0.0386. The molecule has 5 nitrogen and oxygen atoms in total. The molecule has 0 aliphatic rings. The van der Waals surface area contributed by atoms with Gasteiger partial charge in [0.25, 0.3) is 0 Å². The van der Waals surface area contributed by atoms with E-state index in [0.29, 0.717) is 0 Å². The maximum absolute atomic E-state index is 13.8. The van der Waals surface area contributed by atoms with Crippen LogP contribution in [0.1, 0.15) is 0 Å². The van der Waals surface area contributed by atoms with Gasteiger partial charge in [-0.05, 0) is 18.2 Å². The summed E-state index contributed by atoms with van der Waals surface area (Å²) in [6, 6.07) is 6.63. The highest BCUT2D eigenvalue weighted by Crippen LogP contribution is 2.30. The van der Waals surface area contributed by atoms with Gasteiger partial charge in [0.2, 0.25) is 5.43 Å². The first-order chi connectivity index (χ1) is 10.5. The average Bonchev–Trinajstić information content (AvgIpc) is 2.46. The molecule has 22 heavy (non-hydrogen) atoms. The number of carboxylic acid groups (broad SMARTS) is 1. The van der Waals surface area contributed by atoms with E-state index >= 15 is 0 Å². The standard InChI is InChI=1S/C15H8ClFO5/c16-8-4-7-11(5-12(8)21-6-13(18)19)22-10-3-1-2-9(17)14(10)15(7)20/h1-5H,6H2,(H,18,19). The zero-order valence-corrected chi connectivity index (χ0v) is 11.7. The van der Waals surface area contributed by atoms with Crippen molar-refractivity contribution < 1.29 is 23.4 Å². The van der Waals surface area contributed by atoms with Crippen molar-refractivity contribution in [2.24, 2.45) is 0 Å². The van der Waals surface area contributed by atoms with Crippen LogP contribution in [-0.2, 0) is 4.79 Å². The fraction of sp³-hybridized carbons (Fsp3) is 0.0667. The average molecular weight is 323 g/mol. The first-order valence-electron chi connectivity index (χ1n) is 6.16. The molecule has 0 atom stereocenters. The largest absolute Gasteiger partial charge is 0.480 e. The summed E-state index contributed by atoms with van der Waals surface area (Å²) in [5.74, 6) is -1.79. The summed E-state index contributed by atoms with van der Waals surface area (Å²) in [5.41, 5.74) is -0.335. The van der Waals surface area contributed by atoms with Gasteiger partial charge in [-0.25, -0.2) is 9.18 Å². The van der Waals surface area contributed by atoms with Crippen LogP contribution >= 0.6 is 11.6 Å². The highest BCUT2D eigenvalue weighted by molar-refractivity contribution is 6.32. The molecule has 0 saturated carbocycles. The van der Waals surface area contributed by atoms with E-state index in [1.807, 2.05) is 0 Å². The highest BCUT2D eigenvalue weighted by atomic mass is 35.5. The van der Waals surface area contributed by atoms with Gasteiger partial charge in [-0.1, -0.05) is 17.7 Å². The topological polar surface area (TPSA) is 76.7 Å². The van der Waals surface area contributed by atoms with Gasteiger partial charge in [0, 0.05) is 6.07 Å². The minimum Gasteiger partial charge on any atom is -0.480 e. The van der Waals surface area contributed by atoms with Crippen LogP contribution in [0.15, 0.2) is 39.5 Å². The summed E-state index contributed by atoms with van der Waals surface area (Å²) in [6.07, 6.45) is 0. The normalized spacial score (nSPS) is 11.0. The Balaban J connectivity index is 2.27. The van der Waals surface area contributed by atoms with Crippen molar-refractivity contribution in [1.29, 1.82) is 0 Å². The molecule has 3 rings (SSSR count). The van der Waals surface area contributed by atoms with Crippen LogP contribution in [0.2, 0.25) is 5.02 Å². The van der Waals surface area contributed by atoms with Crippen LogP contribution in [-0.4, -0.2) is 17.7 Å². The number of hydrogen-bond donors (Lipinski definition) is 1. The number of aliphatic carboxylic acids is 1. The number of hydrogen-bond acceptors (Lipinski definition) is 4. The molecule has 0 aliphatic heterocycles. The van der Waals surface area contributed by atoms with Crippen LogP contribution in [0, 0.1) is 5.82 Å². The zero-order valence-electron chi connectivity index (χ0n) is 10.9. The third-order valence-electron chi connectivity index (χ3n) is 3.05. The molecule has 0 fully saturated rings. The molecule has 0 bridgehead atoms. The lowest BCUT2D eigenvalue weighted by Crippen LogP contribution is -2.10. The Hall–Kier alpha value is -2.60. The Morgan fingerprint density at radius 1 is 1.32 bits per heavy atom. The van der Waals surface area contributed by atoms with E-state index in [1.54, 1.807) is 0 Å². The molecule has 112 valence electrons. The van der Waals surface area contributed by atoms with Crippen LogP contribution in [0.5, 0.6) is 5.75 Å². The summed E-state index contributed by atoms with van der Waals surface area (Å²) < 4.78 is 24.3. The molecule has 0 amide bonds. The quantitative estimate of drug-likeness (QED) is 0.749. The number of carbonyl (C=O) groups is 1. The number of ether oxygens (including phenoxy) is 1. The predicted molar refractivity (Wildman–Crippen MR) is 78.1 cm³/mol. The van der Waals surface area contributed by atoms with Crippen molar-refractivity contribution in [1.82, 2.24) is 0 Å². The summed E-state index contributed by atoms with van der Waals surface area (Å²) in [4.78, 5) is 22.9. The van der Waals surface area contributed by atoms with Gasteiger partial charge in [0.15, 0.2) is 6.61 Å². The Bertz CT molecular complexity index is 963. The molecule has 0 aliphatic carbocycles. The zero-order chi connectivity index (χ0) is 15.9. The lowest BCUT2D eigenvalue weighted by atomic mass is 10.1. The Labute approximate surface area is 127 Å². The molecule has 0 spiro atoms. The van der Waals surface area contributed by atoms with Gasteiger partial charge in [-0.3, -0.25) is 4.79 Å². The number of carboxylic acids is 1. The maximum Gasteiger partial charge on any atom is 0.341 e. The van der Waals surface area contributed by atoms with Gasteiger partial charge in [0.05, 0.1) is 10.4 Å². The third kappa shape index (κ3) is 2.37. The lowest BCUT2D eigenvalue weighted by molar-refractivity contribution is -0.139. The second-order valence-corrected chi connectivity index (χ2v) is 4.91. The van der Waals surface area contributed by atoms with E-state index < -0.39 is 23.8 Å². The number of rotatable bonds is 3. The van der Waals surface area contributed by atoms with E-state index in [4.69, 9.17) is 25.9 Å². The number of benzene rings is 2. The second kappa shape index (κ2) is 5.31. The van der Waals surface area contributed by atoms with Gasteiger partial charge in [-0.15, -0.1) is 0 Å². The summed E-state index contributed by atoms with van der Waals surface area (Å²) >= 11 is 5.96. The SMILES string of the molecule is O=C(O)COc1cc2oc3cccc(F)c3c(=O)c2cc1Cl. The molecule has 2 aromatic carbocycles. The first-order valence-corrected chi connectivity index (χ1v) is 6.54. The van der Waals surface area contributed by atoms with Crippen molar-refractivity contribution in [3.8, 4) is 5.75 Å². The monoisotopic (exact) mass is 322 g/mol. The second-order valence-electron chi connectivity index (χ2n) is 4.51. The molecule has 0 saturated heterocycles. The Morgan fingerprint density at radius 3 is 2.82 bits per heavy atom. The molecular weight excluding hydrogens is 315 g/mol. The number of fused-ring (bicyclic) bond motifs is 2. The van der Waals surface area contributed by atoms with Gasteiger partial charge < -0.3 is 14.3 Å². The molecule has 1 heterocycles. The summed E-state index contributed by atoms with van der Waals surface area (Å²) in [7, 11) is 0. The minimum atomic E-state index is -1.17. The van der Waals surface area contributed by atoms with Gasteiger partial charge in [-0.2, -0.15) is 0 Å². The maximum atomic E-state index is 13.8. The van der Waals surface area contributed by atoms with E-state index in [0.717, 1.165) is 6.07 Å². The Morgan fingerprint density at radius 2 is 2.09 bits per heavy atom. The van der Waals surface area contributed by atoms with E-state index in [-0.39, 0.29) is 32.7 Å². The highest BCUT2D eigenvalue weighted by Gasteiger charge is 2.15. The van der Waals surface area contributed by atoms with Crippen LogP contribution in [0.25, 0.3) is 21.9 Å². The van der Waals surface area contributed by atoms with Crippen LogP contribution in [0.3, 0.4) is 0 Å². The fourth-order valence-electron chi connectivity index (χ4n) is 2.11. The van der Waals surface area contributed by atoms with Crippen molar-refractivity contribution >= 4 is 39.5 Å². The molecule has 1 N–H and O–H groups in total. The molecule has 1 aromatic heterocycles. The smallest absolute Gasteiger partial charge is 0.341 e. The molecule has 0 radical (unpaired) electrons. The summed E-state index contributed by atoms with van der Waals surface area (Å²) in [6.45, 7) is -0.586. The molecule has 0 unspecified atom stereocenters. The predicted octanol–water partition coefficient (Wildman–Crippen LogP) is 3.20. The van der Waals surface area contributed by atoms with Crippen molar-refractivity contribution in [2.45, 2.75) is 0 Å². The van der Waals surface area contributed by atoms with Crippen LogP contribution in [0.4, 0.5) is 4.39 Å². The Kier molecular flexibility index (Phi) is 3.46. The fourth-order valence-corrected chi connectivity index (χ4v) is 2.33. The molecule has 3 aromatic rings. The van der Waals surface area contributed by atoms with Crippen molar-refractivity contribution in [3.63, 3.8) is 0 Å². The van der Waals surface area contributed by atoms with Crippen LogP contribution < -0.4 is 10.2 Å². The van der Waals surface area contributed by atoms with E-state index in [1.165, 1.54) is 24.3 Å². The third-order valence-corrected chi connectivity index (χ3v) is 3.35. The lowest BCUT2D eigenvalue weighted by Gasteiger charge is -2.08. The van der Waals surface area contributed by atoms with Crippen molar-refractivity contribution in [3.05, 3.63) is 51.4 Å². The van der Waals surface area contributed by atoms with Crippen molar-refractivity contribution in [2.75, 3.05) is 6.61 Å². The van der Waals surface area contributed by atoms with E-state index in [9.17, 15) is 14.0 Å². The van der Waals surface area contributed by atoms with Gasteiger partial charge >= 0.3 is 5.97 Å². The van der Waals surface area contributed by atoms with E-state index in [2.05, 4.69) is 0 Å². The number of halogens is 2.